The topological polar surface area (TPSA) is 67.4 Å². The van der Waals surface area contributed by atoms with E-state index in [2.05, 4.69) is 10.6 Å². The van der Waals surface area contributed by atoms with Crippen LogP contribution < -0.4 is 15.4 Å². The molecule has 0 heterocycles. The van der Waals surface area contributed by atoms with Crippen molar-refractivity contribution in [3.05, 3.63) is 83.9 Å². The molecular formula is C23H22N2O3S. The van der Waals surface area contributed by atoms with Crippen LogP contribution in [-0.4, -0.2) is 24.7 Å². The van der Waals surface area contributed by atoms with Crippen LogP contribution in [0, 0.1) is 6.92 Å². The Morgan fingerprint density at radius 2 is 1.69 bits per heavy atom. The van der Waals surface area contributed by atoms with E-state index < -0.39 is 0 Å². The smallest absolute Gasteiger partial charge is 0.255 e. The van der Waals surface area contributed by atoms with Gasteiger partial charge < -0.3 is 15.4 Å². The number of anilines is 2. The summed E-state index contributed by atoms with van der Waals surface area (Å²) >= 11 is 1.49. The lowest BCUT2D eigenvalue weighted by Gasteiger charge is -2.10. The highest BCUT2D eigenvalue weighted by atomic mass is 32.2. The molecule has 2 N–H and O–H groups in total. The first-order valence-electron chi connectivity index (χ1n) is 9.09. The molecule has 0 radical (unpaired) electrons. The summed E-state index contributed by atoms with van der Waals surface area (Å²) in [6.07, 6.45) is 0. The van der Waals surface area contributed by atoms with Crippen LogP contribution in [0.25, 0.3) is 0 Å². The minimum atomic E-state index is -0.248. The number of amides is 2. The number of hydrogen-bond donors (Lipinski definition) is 2. The van der Waals surface area contributed by atoms with Crippen molar-refractivity contribution in [1.29, 1.82) is 0 Å². The summed E-state index contributed by atoms with van der Waals surface area (Å²) in [5, 5.41) is 5.68. The first-order chi connectivity index (χ1) is 14.0. The Hall–Kier alpha value is -3.25. The van der Waals surface area contributed by atoms with Crippen molar-refractivity contribution < 1.29 is 14.3 Å². The van der Waals surface area contributed by atoms with E-state index >= 15 is 0 Å². The molecule has 2 amide bonds. The van der Waals surface area contributed by atoms with E-state index in [1.165, 1.54) is 11.8 Å². The highest BCUT2D eigenvalue weighted by molar-refractivity contribution is 8.00. The number of nitrogens with one attached hydrogen (secondary N) is 2. The zero-order valence-corrected chi connectivity index (χ0v) is 17.1. The van der Waals surface area contributed by atoms with E-state index in [4.69, 9.17) is 4.74 Å². The Morgan fingerprint density at radius 1 is 0.931 bits per heavy atom. The molecule has 0 atom stereocenters. The van der Waals surface area contributed by atoms with Crippen molar-refractivity contribution in [3.63, 3.8) is 0 Å². The average molecular weight is 407 g/mol. The molecular weight excluding hydrogens is 384 g/mol. The van der Waals surface area contributed by atoms with Gasteiger partial charge in [-0.25, -0.2) is 0 Å². The van der Waals surface area contributed by atoms with Gasteiger partial charge in [0.25, 0.3) is 5.91 Å². The highest BCUT2D eigenvalue weighted by Crippen LogP contribution is 2.24. The molecule has 148 valence electrons. The standard InChI is InChI=1S/C23H22N2O3S/c1-16-6-5-7-19(14-16)29-15-22(26)24-18-12-10-17(11-13-18)23(27)25-20-8-3-4-9-21(20)28-2/h3-14H,15H2,1-2H3,(H,24,26)(H,25,27). The maximum atomic E-state index is 12.4. The third-order valence-electron chi connectivity index (χ3n) is 4.15. The Balaban J connectivity index is 1.55. The lowest BCUT2D eigenvalue weighted by atomic mass is 10.2. The number of rotatable bonds is 7. The van der Waals surface area contributed by atoms with Gasteiger partial charge in [-0.15, -0.1) is 11.8 Å². The van der Waals surface area contributed by atoms with Crippen LogP contribution in [0.3, 0.4) is 0 Å². The summed E-state index contributed by atoms with van der Waals surface area (Å²) < 4.78 is 5.24. The summed E-state index contributed by atoms with van der Waals surface area (Å²) in [6, 6.07) is 22.0. The van der Waals surface area contributed by atoms with Crippen LogP contribution in [-0.2, 0) is 4.79 Å². The predicted molar refractivity (Wildman–Crippen MR) is 118 cm³/mol. The number of benzene rings is 3. The predicted octanol–water partition coefficient (Wildman–Crippen LogP) is 4.99. The summed E-state index contributed by atoms with van der Waals surface area (Å²) in [5.41, 5.74) is 2.90. The number of carbonyl (C=O) groups is 2. The molecule has 3 rings (SSSR count). The Labute approximate surface area is 174 Å². The van der Waals surface area contributed by atoms with E-state index in [-0.39, 0.29) is 11.8 Å². The minimum absolute atomic E-state index is 0.0947. The van der Waals surface area contributed by atoms with Crippen LogP contribution in [0.5, 0.6) is 5.75 Å². The Kier molecular flexibility index (Phi) is 6.92. The lowest BCUT2D eigenvalue weighted by Crippen LogP contribution is -2.15. The molecule has 0 fully saturated rings. The van der Waals surface area contributed by atoms with Gasteiger partial charge in [-0.05, 0) is 55.5 Å². The summed E-state index contributed by atoms with van der Waals surface area (Å²) in [4.78, 5) is 25.7. The minimum Gasteiger partial charge on any atom is -0.495 e. The van der Waals surface area contributed by atoms with Gasteiger partial charge in [-0.2, -0.15) is 0 Å². The zero-order chi connectivity index (χ0) is 20.6. The molecule has 0 unspecified atom stereocenters. The van der Waals surface area contributed by atoms with Crippen molar-refractivity contribution in [3.8, 4) is 5.75 Å². The lowest BCUT2D eigenvalue weighted by molar-refractivity contribution is -0.113. The van der Waals surface area contributed by atoms with Gasteiger partial charge in [0.15, 0.2) is 0 Å². The van der Waals surface area contributed by atoms with Crippen LogP contribution in [0.1, 0.15) is 15.9 Å². The van der Waals surface area contributed by atoms with E-state index in [1.807, 2.05) is 43.3 Å². The molecule has 0 saturated heterocycles. The van der Waals surface area contributed by atoms with Gasteiger partial charge in [0.1, 0.15) is 5.75 Å². The number of ether oxygens (including phenoxy) is 1. The van der Waals surface area contributed by atoms with Crippen molar-refractivity contribution in [1.82, 2.24) is 0 Å². The molecule has 0 aliphatic rings. The van der Waals surface area contributed by atoms with Crippen molar-refractivity contribution in [2.45, 2.75) is 11.8 Å². The third kappa shape index (κ3) is 5.86. The second-order valence-electron chi connectivity index (χ2n) is 6.39. The molecule has 3 aromatic carbocycles. The third-order valence-corrected chi connectivity index (χ3v) is 5.14. The summed E-state index contributed by atoms with van der Waals surface area (Å²) in [7, 11) is 1.56. The summed E-state index contributed by atoms with van der Waals surface area (Å²) in [5.74, 6) is 0.570. The number of para-hydroxylation sites is 2. The largest absolute Gasteiger partial charge is 0.495 e. The average Bonchev–Trinajstić information content (AvgIpc) is 2.73. The summed E-state index contributed by atoms with van der Waals surface area (Å²) in [6.45, 7) is 2.02. The Bertz CT molecular complexity index is 1000. The fourth-order valence-electron chi connectivity index (χ4n) is 2.70. The number of aryl methyl sites for hydroxylation is 1. The molecule has 29 heavy (non-hydrogen) atoms. The first-order valence-corrected chi connectivity index (χ1v) is 10.1. The molecule has 0 aliphatic heterocycles. The molecule has 0 aromatic heterocycles. The van der Waals surface area contributed by atoms with Crippen LogP contribution in [0.4, 0.5) is 11.4 Å². The van der Waals surface area contributed by atoms with E-state index in [9.17, 15) is 9.59 Å². The van der Waals surface area contributed by atoms with Gasteiger partial charge in [0.2, 0.25) is 5.91 Å². The van der Waals surface area contributed by atoms with Crippen molar-refractivity contribution in [2.75, 3.05) is 23.5 Å². The van der Waals surface area contributed by atoms with Crippen LogP contribution in [0.2, 0.25) is 0 Å². The van der Waals surface area contributed by atoms with E-state index in [0.717, 1.165) is 10.5 Å². The van der Waals surface area contributed by atoms with Crippen LogP contribution >= 0.6 is 11.8 Å². The van der Waals surface area contributed by atoms with Gasteiger partial charge in [0, 0.05) is 16.1 Å². The van der Waals surface area contributed by atoms with Gasteiger partial charge in [-0.3, -0.25) is 9.59 Å². The fourth-order valence-corrected chi connectivity index (χ4v) is 3.51. The molecule has 0 bridgehead atoms. The fraction of sp³-hybridized carbons (Fsp3) is 0.130. The molecule has 6 heteroatoms. The number of thioether (sulfide) groups is 1. The molecule has 3 aromatic rings. The Morgan fingerprint density at radius 3 is 2.41 bits per heavy atom. The number of methoxy groups -OCH3 is 1. The number of hydrogen-bond acceptors (Lipinski definition) is 4. The molecule has 0 spiro atoms. The van der Waals surface area contributed by atoms with Crippen molar-refractivity contribution >= 4 is 35.0 Å². The normalized spacial score (nSPS) is 10.3. The molecule has 0 saturated carbocycles. The number of carbonyl (C=O) groups excluding carboxylic acids is 2. The highest BCUT2D eigenvalue weighted by Gasteiger charge is 2.10. The van der Waals surface area contributed by atoms with Crippen molar-refractivity contribution in [2.24, 2.45) is 0 Å². The van der Waals surface area contributed by atoms with E-state index in [0.29, 0.717) is 28.4 Å². The SMILES string of the molecule is COc1ccccc1NC(=O)c1ccc(NC(=O)CSc2cccc(C)c2)cc1. The van der Waals surface area contributed by atoms with Gasteiger partial charge >= 0.3 is 0 Å². The molecule has 5 nitrogen and oxygen atoms in total. The molecule has 0 aliphatic carbocycles. The van der Waals surface area contributed by atoms with E-state index in [1.54, 1.807) is 43.5 Å². The quantitative estimate of drug-likeness (QED) is 0.543. The second kappa shape index (κ2) is 9.80. The second-order valence-corrected chi connectivity index (χ2v) is 7.43. The zero-order valence-electron chi connectivity index (χ0n) is 16.3. The maximum absolute atomic E-state index is 12.4. The van der Waals surface area contributed by atoms with Gasteiger partial charge in [-0.1, -0.05) is 29.8 Å². The van der Waals surface area contributed by atoms with Gasteiger partial charge in [0.05, 0.1) is 18.6 Å². The maximum Gasteiger partial charge on any atom is 0.255 e. The van der Waals surface area contributed by atoms with Crippen LogP contribution in [0.15, 0.2) is 77.7 Å². The first kappa shape index (κ1) is 20.5. The monoisotopic (exact) mass is 406 g/mol.